The van der Waals surface area contributed by atoms with Gasteiger partial charge in [0.2, 0.25) is 21.8 Å². The zero-order chi connectivity index (χ0) is 25.8. The van der Waals surface area contributed by atoms with Gasteiger partial charge in [-0.15, -0.1) is 0 Å². The molecule has 0 spiro atoms. The minimum atomic E-state index is -3.97. The van der Waals surface area contributed by atoms with Gasteiger partial charge in [0, 0.05) is 50.8 Å². The standard InChI is InChI=1S/C27H31N5O4S/c33-26(30-19-20-9-14-31(15-10-20)23-7-11-28-12-8-23)18-25-27(34)29-13-16-32(25)37(35,36)24-6-5-21-3-1-2-4-22(21)17-24/h1-8,11-12,17,20,25H,9-10,13-16,18-19H2,(H,29,34)(H,30,33). The van der Waals surface area contributed by atoms with Crippen LogP contribution in [0.2, 0.25) is 0 Å². The molecule has 0 radical (unpaired) electrons. The molecule has 0 saturated carbocycles. The molecule has 37 heavy (non-hydrogen) atoms. The quantitative estimate of drug-likeness (QED) is 0.493. The number of anilines is 1. The monoisotopic (exact) mass is 521 g/mol. The van der Waals surface area contributed by atoms with Gasteiger partial charge in [-0.2, -0.15) is 4.31 Å². The van der Waals surface area contributed by atoms with Crippen molar-refractivity contribution in [2.45, 2.75) is 30.2 Å². The van der Waals surface area contributed by atoms with Crippen molar-refractivity contribution in [3.8, 4) is 0 Å². The Balaban J connectivity index is 1.20. The molecule has 2 fully saturated rings. The highest BCUT2D eigenvalue weighted by Crippen LogP contribution is 2.26. The summed E-state index contributed by atoms with van der Waals surface area (Å²) in [5.74, 6) is -0.437. The van der Waals surface area contributed by atoms with Gasteiger partial charge in [0.1, 0.15) is 6.04 Å². The van der Waals surface area contributed by atoms with Gasteiger partial charge in [-0.05, 0) is 53.8 Å². The molecule has 2 amide bonds. The number of nitrogens with zero attached hydrogens (tertiary/aromatic N) is 3. The van der Waals surface area contributed by atoms with Gasteiger partial charge < -0.3 is 15.5 Å². The Morgan fingerprint density at radius 2 is 1.73 bits per heavy atom. The normalized spacial score (nSPS) is 19.5. The van der Waals surface area contributed by atoms with Crippen molar-refractivity contribution in [3.63, 3.8) is 0 Å². The van der Waals surface area contributed by atoms with E-state index in [1.807, 2.05) is 36.4 Å². The lowest BCUT2D eigenvalue weighted by atomic mass is 9.96. The van der Waals surface area contributed by atoms with Crippen molar-refractivity contribution >= 4 is 38.3 Å². The van der Waals surface area contributed by atoms with Crippen LogP contribution in [0, 0.1) is 5.92 Å². The highest BCUT2D eigenvalue weighted by atomic mass is 32.2. The summed E-state index contributed by atoms with van der Waals surface area (Å²) in [7, 11) is -3.97. The zero-order valence-corrected chi connectivity index (χ0v) is 21.4. The van der Waals surface area contributed by atoms with Crippen LogP contribution in [-0.4, -0.2) is 68.3 Å². The van der Waals surface area contributed by atoms with Crippen LogP contribution >= 0.6 is 0 Å². The van der Waals surface area contributed by atoms with Crippen molar-refractivity contribution in [1.29, 1.82) is 0 Å². The van der Waals surface area contributed by atoms with Crippen LogP contribution in [0.3, 0.4) is 0 Å². The molecular formula is C27H31N5O4S. The number of sulfonamides is 1. The van der Waals surface area contributed by atoms with E-state index in [0.717, 1.165) is 42.4 Å². The highest BCUT2D eigenvalue weighted by Gasteiger charge is 2.39. The Labute approximate surface area is 216 Å². The first-order valence-electron chi connectivity index (χ1n) is 12.6. The van der Waals surface area contributed by atoms with E-state index in [4.69, 9.17) is 0 Å². The van der Waals surface area contributed by atoms with E-state index in [9.17, 15) is 18.0 Å². The maximum Gasteiger partial charge on any atom is 0.243 e. The molecule has 194 valence electrons. The number of hydrogen-bond acceptors (Lipinski definition) is 6. The Hall–Kier alpha value is -3.50. The molecule has 1 atom stereocenters. The number of nitrogens with one attached hydrogen (secondary N) is 2. The summed E-state index contributed by atoms with van der Waals surface area (Å²) in [5, 5.41) is 7.38. The minimum absolute atomic E-state index is 0.117. The van der Waals surface area contributed by atoms with Crippen LogP contribution in [0.4, 0.5) is 5.69 Å². The van der Waals surface area contributed by atoms with Gasteiger partial charge in [0.25, 0.3) is 0 Å². The number of piperazine rings is 1. The number of fused-ring (bicyclic) bond motifs is 1. The van der Waals surface area contributed by atoms with Crippen molar-refractivity contribution in [3.05, 3.63) is 67.0 Å². The molecule has 2 aliphatic heterocycles. The summed E-state index contributed by atoms with van der Waals surface area (Å²) >= 11 is 0. The first-order valence-corrected chi connectivity index (χ1v) is 14.1. The van der Waals surface area contributed by atoms with E-state index in [1.54, 1.807) is 30.6 Å². The SMILES string of the molecule is O=C(CC1C(=O)NCCN1S(=O)(=O)c1ccc2ccccc2c1)NCC1CCN(c2ccncc2)CC1. The fourth-order valence-electron chi connectivity index (χ4n) is 5.10. The smallest absolute Gasteiger partial charge is 0.243 e. The Bertz CT molecular complexity index is 1370. The number of rotatable bonds is 7. The number of benzene rings is 2. The summed E-state index contributed by atoms with van der Waals surface area (Å²) in [4.78, 5) is 32.0. The molecule has 1 aromatic heterocycles. The van der Waals surface area contributed by atoms with Crippen molar-refractivity contribution in [2.24, 2.45) is 5.92 Å². The second kappa shape index (κ2) is 10.9. The largest absolute Gasteiger partial charge is 0.371 e. The zero-order valence-electron chi connectivity index (χ0n) is 20.5. The van der Waals surface area contributed by atoms with Crippen molar-refractivity contribution in [2.75, 3.05) is 37.6 Å². The first-order chi connectivity index (χ1) is 17.9. The number of amides is 2. The third-order valence-electron chi connectivity index (χ3n) is 7.22. The Morgan fingerprint density at radius 3 is 2.49 bits per heavy atom. The van der Waals surface area contributed by atoms with Gasteiger partial charge in [-0.3, -0.25) is 14.6 Å². The van der Waals surface area contributed by atoms with E-state index in [2.05, 4.69) is 20.5 Å². The molecule has 2 N–H and O–H groups in total. The summed E-state index contributed by atoms with van der Waals surface area (Å²) in [6.45, 7) is 2.63. The predicted octanol–water partition coefficient (Wildman–Crippen LogP) is 2.15. The van der Waals surface area contributed by atoms with Crippen LogP contribution in [0.5, 0.6) is 0 Å². The van der Waals surface area contributed by atoms with Gasteiger partial charge in [0.15, 0.2) is 0 Å². The fourth-order valence-corrected chi connectivity index (χ4v) is 6.72. The van der Waals surface area contributed by atoms with E-state index in [-0.39, 0.29) is 30.3 Å². The van der Waals surface area contributed by atoms with E-state index < -0.39 is 22.0 Å². The van der Waals surface area contributed by atoms with E-state index in [0.29, 0.717) is 12.5 Å². The predicted molar refractivity (Wildman–Crippen MR) is 141 cm³/mol. The highest BCUT2D eigenvalue weighted by molar-refractivity contribution is 7.89. The summed E-state index contributed by atoms with van der Waals surface area (Å²) in [6.07, 6.45) is 5.23. The van der Waals surface area contributed by atoms with Crippen LogP contribution < -0.4 is 15.5 Å². The Morgan fingerprint density at radius 1 is 1.00 bits per heavy atom. The first kappa shape index (κ1) is 25.2. The van der Waals surface area contributed by atoms with Crippen LogP contribution in [0.25, 0.3) is 10.8 Å². The van der Waals surface area contributed by atoms with Gasteiger partial charge >= 0.3 is 0 Å². The number of piperidine rings is 1. The lowest BCUT2D eigenvalue weighted by Crippen LogP contribution is -2.58. The molecule has 10 heteroatoms. The average molecular weight is 522 g/mol. The maximum atomic E-state index is 13.5. The van der Waals surface area contributed by atoms with Crippen LogP contribution in [-0.2, 0) is 19.6 Å². The average Bonchev–Trinajstić information content (AvgIpc) is 2.93. The van der Waals surface area contributed by atoms with E-state index >= 15 is 0 Å². The number of pyridine rings is 1. The maximum absolute atomic E-state index is 13.5. The van der Waals surface area contributed by atoms with Crippen LogP contribution in [0.1, 0.15) is 19.3 Å². The second-order valence-corrected chi connectivity index (χ2v) is 11.5. The number of carbonyl (C=O) groups is 2. The molecule has 3 heterocycles. The molecule has 2 saturated heterocycles. The molecule has 0 bridgehead atoms. The number of aromatic nitrogens is 1. The Kier molecular flexibility index (Phi) is 7.38. The number of hydrogen-bond donors (Lipinski definition) is 2. The molecule has 9 nitrogen and oxygen atoms in total. The van der Waals surface area contributed by atoms with Crippen molar-refractivity contribution < 1.29 is 18.0 Å². The number of carbonyl (C=O) groups excluding carboxylic acids is 2. The lowest BCUT2D eigenvalue weighted by Gasteiger charge is -2.34. The molecule has 5 rings (SSSR count). The third kappa shape index (κ3) is 5.60. The van der Waals surface area contributed by atoms with Crippen LogP contribution in [0.15, 0.2) is 71.9 Å². The summed E-state index contributed by atoms with van der Waals surface area (Å²) < 4.78 is 28.2. The summed E-state index contributed by atoms with van der Waals surface area (Å²) in [5.41, 5.74) is 1.15. The lowest BCUT2D eigenvalue weighted by molar-refractivity contribution is -0.131. The summed E-state index contributed by atoms with van der Waals surface area (Å²) in [6, 6.07) is 15.3. The second-order valence-electron chi connectivity index (χ2n) is 9.58. The molecular weight excluding hydrogens is 490 g/mol. The molecule has 3 aromatic rings. The topological polar surface area (TPSA) is 112 Å². The van der Waals surface area contributed by atoms with Gasteiger partial charge in [-0.25, -0.2) is 8.42 Å². The molecule has 2 aliphatic rings. The molecule has 0 aliphatic carbocycles. The molecule has 1 unspecified atom stereocenters. The molecule has 2 aromatic carbocycles. The van der Waals surface area contributed by atoms with Gasteiger partial charge in [-0.1, -0.05) is 30.3 Å². The fraction of sp³-hybridized carbons (Fsp3) is 0.370. The van der Waals surface area contributed by atoms with E-state index in [1.165, 1.54) is 4.31 Å². The minimum Gasteiger partial charge on any atom is -0.371 e. The van der Waals surface area contributed by atoms with Crippen molar-refractivity contribution in [1.82, 2.24) is 19.9 Å². The third-order valence-corrected chi connectivity index (χ3v) is 9.12. The van der Waals surface area contributed by atoms with Gasteiger partial charge in [0.05, 0.1) is 11.3 Å².